The van der Waals surface area contributed by atoms with Gasteiger partial charge in [-0.3, -0.25) is 0 Å². The van der Waals surface area contributed by atoms with Crippen molar-refractivity contribution in [1.29, 1.82) is 0 Å². The second-order valence-corrected chi connectivity index (χ2v) is 6.03. The van der Waals surface area contributed by atoms with Crippen LogP contribution in [0.1, 0.15) is 11.7 Å². The van der Waals surface area contributed by atoms with Gasteiger partial charge in [0.1, 0.15) is 11.9 Å². The normalized spacial score (nSPS) is 15.6. The van der Waals surface area contributed by atoms with Gasteiger partial charge in [-0.1, -0.05) is 29.8 Å². The third-order valence-electron chi connectivity index (χ3n) is 3.84. The summed E-state index contributed by atoms with van der Waals surface area (Å²) in [7, 11) is 0. The molecule has 0 amide bonds. The molecule has 142 valence electrons. The Hall–Kier alpha value is -1.70. The van der Waals surface area contributed by atoms with E-state index in [1.807, 2.05) is 0 Å². The largest absolute Gasteiger partial charge is 0.573 e. The van der Waals surface area contributed by atoms with Crippen molar-refractivity contribution >= 4 is 24.0 Å². The van der Waals surface area contributed by atoms with E-state index in [0.29, 0.717) is 18.7 Å². The molecular formula is C17H15Cl2F4NO2. The fourth-order valence-corrected chi connectivity index (χ4v) is 2.73. The van der Waals surface area contributed by atoms with Crippen molar-refractivity contribution < 1.29 is 27.0 Å². The summed E-state index contributed by atoms with van der Waals surface area (Å²) in [6.07, 6.45) is -5.41. The first-order chi connectivity index (χ1) is 11.8. The van der Waals surface area contributed by atoms with Gasteiger partial charge in [0.25, 0.3) is 0 Å². The highest BCUT2D eigenvalue weighted by atomic mass is 35.5. The Morgan fingerprint density at radius 3 is 2.27 bits per heavy atom. The third kappa shape index (κ3) is 4.93. The molecule has 0 aliphatic carbocycles. The maximum Gasteiger partial charge on any atom is 0.573 e. The van der Waals surface area contributed by atoms with Gasteiger partial charge in [-0.05, 0) is 29.8 Å². The predicted molar refractivity (Wildman–Crippen MR) is 91.5 cm³/mol. The summed E-state index contributed by atoms with van der Waals surface area (Å²) >= 11 is 5.83. The number of benzene rings is 2. The fourth-order valence-electron chi connectivity index (χ4n) is 2.54. The van der Waals surface area contributed by atoms with E-state index in [2.05, 4.69) is 10.1 Å². The van der Waals surface area contributed by atoms with Crippen LogP contribution in [0.5, 0.6) is 11.5 Å². The highest BCUT2D eigenvalue weighted by Gasteiger charge is 2.34. The van der Waals surface area contributed by atoms with Crippen LogP contribution in [0.15, 0.2) is 42.5 Å². The quantitative estimate of drug-likeness (QED) is 0.691. The van der Waals surface area contributed by atoms with Crippen molar-refractivity contribution in [1.82, 2.24) is 5.32 Å². The summed E-state index contributed by atoms with van der Waals surface area (Å²) < 4.78 is 61.0. The number of nitrogens with one attached hydrogen (secondary N) is 1. The van der Waals surface area contributed by atoms with Crippen LogP contribution in [0.4, 0.5) is 17.6 Å². The lowest BCUT2D eigenvalue weighted by Crippen LogP contribution is -2.46. The van der Waals surface area contributed by atoms with Gasteiger partial charge >= 0.3 is 6.36 Å². The van der Waals surface area contributed by atoms with Crippen molar-refractivity contribution in [2.45, 2.75) is 12.5 Å². The minimum absolute atomic E-state index is 0. The van der Waals surface area contributed by atoms with Crippen LogP contribution in [0.2, 0.25) is 5.02 Å². The maximum atomic E-state index is 13.4. The molecular weight excluding hydrogens is 397 g/mol. The van der Waals surface area contributed by atoms with E-state index in [1.165, 1.54) is 36.4 Å². The molecule has 2 aromatic rings. The molecule has 3 nitrogen and oxygen atoms in total. The number of hydrogen-bond acceptors (Lipinski definition) is 3. The van der Waals surface area contributed by atoms with E-state index >= 15 is 0 Å². The van der Waals surface area contributed by atoms with Gasteiger partial charge < -0.3 is 14.8 Å². The van der Waals surface area contributed by atoms with E-state index in [0.717, 1.165) is 0 Å². The first kappa shape index (κ1) is 20.6. The molecule has 1 saturated heterocycles. The van der Waals surface area contributed by atoms with E-state index in [-0.39, 0.29) is 29.1 Å². The Balaban J connectivity index is 0.00000243. The number of ether oxygens (including phenoxy) is 2. The van der Waals surface area contributed by atoms with Crippen LogP contribution in [0, 0.1) is 11.7 Å². The Bertz CT molecular complexity index is 754. The Labute approximate surface area is 158 Å². The average molecular weight is 412 g/mol. The zero-order valence-corrected chi connectivity index (χ0v) is 14.8. The van der Waals surface area contributed by atoms with Crippen molar-refractivity contribution in [3.8, 4) is 11.5 Å². The molecule has 1 aliphatic rings. The van der Waals surface area contributed by atoms with Crippen LogP contribution in [-0.4, -0.2) is 19.5 Å². The summed E-state index contributed by atoms with van der Waals surface area (Å²) in [6.45, 7) is 1.25. The predicted octanol–water partition coefficient (Wildman–Crippen LogP) is 5.14. The summed E-state index contributed by atoms with van der Waals surface area (Å²) in [4.78, 5) is 0. The summed E-state index contributed by atoms with van der Waals surface area (Å²) in [5.41, 5.74) is 0.583. The molecule has 1 atom stereocenters. The summed E-state index contributed by atoms with van der Waals surface area (Å²) in [5.74, 6) is -1.03. The van der Waals surface area contributed by atoms with E-state index in [9.17, 15) is 17.6 Å². The zero-order chi connectivity index (χ0) is 18.0. The number of alkyl halides is 3. The Kier molecular flexibility index (Phi) is 6.60. The van der Waals surface area contributed by atoms with Crippen molar-refractivity contribution in [2.75, 3.05) is 13.1 Å². The summed E-state index contributed by atoms with van der Waals surface area (Å²) in [5, 5.41) is 3.01. The molecule has 3 rings (SSSR count). The molecule has 9 heteroatoms. The molecule has 1 aliphatic heterocycles. The molecule has 0 spiro atoms. The second kappa shape index (κ2) is 8.33. The molecule has 26 heavy (non-hydrogen) atoms. The molecule has 1 unspecified atom stereocenters. The van der Waals surface area contributed by atoms with Crippen molar-refractivity contribution in [3.05, 3.63) is 58.9 Å². The highest BCUT2D eigenvalue weighted by Crippen LogP contribution is 2.38. The molecule has 1 fully saturated rings. The fraction of sp³-hybridized carbons (Fsp3) is 0.294. The lowest BCUT2D eigenvalue weighted by Gasteiger charge is -2.35. The maximum absolute atomic E-state index is 13.4. The zero-order valence-electron chi connectivity index (χ0n) is 13.2. The van der Waals surface area contributed by atoms with Gasteiger partial charge in [0.2, 0.25) is 0 Å². The van der Waals surface area contributed by atoms with E-state index in [4.69, 9.17) is 16.3 Å². The Morgan fingerprint density at radius 1 is 1.08 bits per heavy atom. The number of para-hydroxylation sites is 2. The monoisotopic (exact) mass is 411 g/mol. The Morgan fingerprint density at radius 2 is 1.73 bits per heavy atom. The molecule has 0 radical (unpaired) electrons. The van der Waals surface area contributed by atoms with Gasteiger partial charge in [-0.15, -0.1) is 25.6 Å². The first-order valence-electron chi connectivity index (χ1n) is 7.50. The molecule has 1 N–H and O–H groups in total. The third-order valence-corrected chi connectivity index (χ3v) is 4.13. The molecule has 0 aromatic heterocycles. The smallest absolute Gasteiger partial charge is 0.481 e. The molecule has 1 heterocycles. The van der Waals surface area contributed by atoms with Gasteiger partial charge in [-0.25, -0.2) is 4.39 Å². The number of halogens is 6. The number of hydrogen-bond donors (Lipinski definition) is 1. The van der Waals surface area contributed by atoms with Crippen LogP contribution < -0.4 is 14.8 Å². The first-order valence-corrected chi connectivity index (χ1v) is 7.88. The minimum atomic E-state index is -4.83. The lowest BCUT2D eigenvalue weighted by molar-refractivity contribution is -0.275. The van der Waals surface area contributed by atoms with Crippen LogP contribution >= 0.6 is 24.0 Å². The minimum Gasteiger partial charge on any atom is -0.481 e. The highest BCUT2D eigenvalue weighted by molar-refractivity contribution is 6.30. The second-order valence-electron chi connectivity index (χ2n) is 5.62. The van der Waals surface area contributed by atoms with Crippen molar-refractivity contribution in [2.24, 2.45) is 5.92 Å². The van der Waals surface area contributed by atoms with Crippen LogP contribution in [0.3, 0.4) is 0 Å². The summed E-state index contributed by atoms with van der Waals surface area (Å²) in [6, 6.07) is 9.68. The molecule has 0 saturated carbocycles. The van der Waals surface area contributed by atoms with E-state index < -0.39 is 24.0 Å². The van der Waals surface area contributed by atoms with E-state index in [1.54, 1.807) is 6.07 Å². The molecule has 0 bridgehead atoms. The molecule has 2 aromatic carbocycles. The van der Waals surface area contributed by atoms with Gasteiger partial charge in [0, 0.05) is 19.0 Å². The van der Waals surface area contributed by atoms with Gasteiger partial charge in [0.05, 0.1) is 5.02 Å². The standard InChI is InChI=1S/C17H14ClF4NO2.ClH/c18-12-7-10(5-6-13(12)19)16(11-8-23-9-11)24-14-3-1-2-4-15(14)25-17(20,21)22;/h1-7,11,16,23H,8-9H2;1H. The lowest BCUT2D eigenvalue weighted by atomic mass is 9.90. The topological polar surface area (TPSA) is 30.5 Å². The SMILES string of the molecule is Cl.Fc1ccc(C(Oc2ccccc2OC(F)(F)F)C2CNC2)cc1Cl. The number of rotatable bonds is 5. The van der Waals surface area contributed by atoms with Gasteiger partial charge in [0.15, 0.2) is 11.5 Å². The van der Waals surface area contributed by atoms with Gasteiger partial charge in [-0.2, -0.15) is 0 Å². The van der Waals surface area contributed by atoms with Crippen molar-refractivity contribution in [3.63, 3.8) is 0 Å². The van der Waals surface area contributed by atoms with Crippen LogP contribution in [0.25, 0.3) is 0 Å². The average Bonchev–Trinajstić information content (AvgIpc) is 2.48. The van der Waals surface area contributed by atoms with Crippen LogP contribution in [-0.2, 0) is 0 Å².